The van der Waals surface area contributed by atoms with E-state index in [1.165, 1.54) is 24.9 Å². The van der Waals surface area contributed by atoms with Crippen molar-refractivity contribution in [1.29, 1.82) is 0 Å². The molecule has 0 spiro atoms. The first-order valence-electron chi connectivity index (χ1n) is 10.1. The van der Waals surface area contributed by atoms with Crippen molar-refractivity contribution in [2.24, 2.45) is 0 Å². The monoisotopic (exact) mass is 364 g/mol. The zero-order valence-electron chi connectivity index (χ0n) is 15.8. The normalized spacial score (nSPS) is 22.4. The zero-order chi connectivity index (χ0) is 18.5. The summed E-state index contributed by atoms with van der Waals surface area (Å²) in [6.07, 6.45) is 4.41. The third-order valence-electron chi connectivity index (χ3n) is 5.74. The number of fused-ring (bicyclic) bond motifs is 1. The maximum atomic E-state index is 12.8. The standard InChI is InChI=1S/C23H28N2O2/c26-23(24-15-21-16-25-14-6-10-20(25)17-27-21)22-11-5-4-9-19(22)13-12-18-7-2-1-3-8-18/h1-5,7-9,11,20-21H,6,10,12-17H2,(H,24,26)/t20-,21-/m0/s1. The Hall–Kier alpha value is -2.17. The van der Waals surface area contributed by atoms with Crippen molar-refractivity contribution < 1.29 is 9.53 Å². The molecular weight excluding hydrogens is 336 g/mol. The summed E-state index contributed by atoms with van der Waals surface area (Å²) in [4.78, 5) is 15.3. The van der Waals surface area contributed by atoms with Crippen molar-refractivity contribution in [3.63, 3.8) is 0 Å². The van der Waals surface area contributed by atoms with E-state index in [-0.39, 0.29) is 12.0 Å². The van der Waals surface area contributed by atoms with Crippen LogP contribution >= 0.6 is 0 Å². The van der Waals surface area contributed by atoms with Gasteiger partial charge < -0.3 is 10.1 Å². The Bertz CT molecular complexity index is 762. The first-order valence-corrected chi connectivity index (χ1v) is 10.1. The molecule has 0 saturated carbocycles. The van der Waals surface area contributed by atoms with Crippen molar-refractivity contribution in [2.75, 3.05) is 26.2 Å². The molecule has 142 valence electrons. The topological polar surface area (TPSA) is 41.6 Å². The molecule has 1 amide bonds. The Balaban J connectivity index is 1.33. The predicted octanol–water partition coefficient (Wildman–Crippen LogP) is 3.06. The molecule has 2 fully saturated rings. The number of amides is 1. The number of nitrogens with one attached hydrogen (secondary N) is 1. The van der Waals surface area contributed by atoms with Crippen LogP contribution in [0.1, 0.15) is 34.3 Å². The van der Waals surface area contributed by atoms with Crippen LogP contribution in [0.4, 0.5) is 0 Å². The van der Waals surface area contributed by atoms with Crippen LogP contribution in [0.2, 0.25) is 0 Å². The molecule has 2 heterocycles. The average Bonchev–Trinajstić information content (AvgIpc) is 3.19. The molecule has 2 saturated heterocycles. The molecule has 4 heteroatoms. The van der Waals surface area contributed by atoms with Crippen LogP contribution in [0.25, 0.3) is 0 Å². The lowest BCUT2D eigenvalue weighted by molar-refractivity contribution is -0.0461. The molecule has 0 bridgehead atoms. The van der Waals surface area contributed by atoms with Crippen molar-refractivity contribution in [1.82, 2.24) is 10.2 Å². The van der Waals surface area contributed by atoms with Crippen molar-refractivity contribution in [2.45, 2.75) is 37.8 Å². The van der Waals surface area contributed by atoms with E-state index >= 15 is 0 Å². The van der Waals surface area contributed by atoms with Gasteiger partial charge in [-0.15, -0.1) is 0 Å². The molecule has 4 nitrogen and oxygen atoms in total. The second kappa shape index (κ2) is 8.68. The average molecular weight is 364 g/mol. The van der Waals surface area contributed by atoms with Crippen LogP contribution in [0, 0.1) is 0 Å². The van der Waals surface area contributed by atoms with Gasteiger partial charge in [0.15, 0.2) is 0 Å². The summed E-state index contributed by atoms with van der Waals surface area (Å²) < 4.78 is 5.96. The number of ether oxygens (including phenoxy) is 1. The number of morpholine rings is 1. The van der Waals surface area contributed by atoms with Crippen LogP contribution in [-0.4, -0.2) is 49.2 Å². The van der Waals surface area contributed by atoms with Crippen molar-refractivity contribution >= 4 is 5.91 Å². The number of benzene rings is 2. The fourth-order valence-corrected chi connectivity index (χ4v) is 4.19. The van der Waals surface area contributed by atoms with Gasteiger partial charge in [-0.25, -0.2) is 0 Å². The van der Waals surface area contributed by atoms with Gasteiger partial charge in [-0.3, -0.25) is 9.69 Å². The number of carbonyl (C=O) groups is 1. The van der Waals surface area contributed by atoms with Crippen LogP contribution in [-0.2, 0) is 17.6 Å². The molecule has 27 heavy (non-hydrogen) atoms. The summed E-state index contributed by atoms with van der Waals surface area (Å²) in [6.45, 7) is 3.48. The van der Waals surface area contributed by atoms with Crippen LogP contribution < -0.4 is 5.32 Å². The van der Waals surface area contributed by atoms with E-state index in [0.29, 0.717) is 12.6 Å². The Kier molecular flexibility index (Phi) is 5.85. The Morgan fingerprint density at radius 3 is 2.78 bits per heavy atom. The maximum Gasteiger partial charge on any atom is 0.251 e. The van der Waals surface area contributed by atoms with Crippen molar-refractivity contribution in [3.05, 3.63) is 71.3 Å². The van der Waals surface area contributed by atoms with E-state index in [1.807, 2.05) is 24.3 Å². The second-order valence-electron chi connectivity index (χ2n) is 7.60. The Labute approximate surface area is 161 Å². The second-order valence-corrected chi connectivity index (χ2v) is 7.60. The van der Waals surface area contributed by atoms with Gasteiger partial charge in [0.05, 0.1) is 12.7 Å². The molecule has 4 rings (SSSR count). The van der Waals surface area contributed by atoms with E-state index in [4.69, 9.17) is 4.74 Å². The van der Waals surface area contributed by atoms with E-state index in [9.17, 15) is 4.79 Å². The Morgan fingerprint density at radius 2 is 1.89 bits per heavy atom. The predicted molar refractivity (Wildman–Crippen MR) is 107 cm³/mol. The Morgan fingerprint density at radius 1 is 1.07 bits per heavy atom. The molecule has 0 aromatic heterocycles. The van der Waals surface area contributed by atoms with E-state index in [2.05, 4.69) is 40.5 Å². The lowest BCUT2D eigenvalue weighted by atomic mass is 9.99. The highest BCUT2D eigenvalue weighted by Crippen LogP contribution is 2.22. The highest BCUT2D eigenvalue weighted by molar-refractivity contribution is 5.95. The summed E-state index contributed by atoms with van der Waals surface area (Å²) in [6, 6.07) is 18.9. The van der Waals surface area contributed by atoms with E-state index in [1.54, 1.807) is 0 Å². The van der Waals surface area contributed by atoms with Crippen LogP contribution in [0.3, 0.4) is 0 Å². The van der Waals surface area contributed by atoms with Gasteiger partial charge >= 0.3 is 0 Å². The molecule has 0 radical (unpaired) electrons. The fourth-order valence-electron chi connectivity index (χ4n) is 4.19. The molecule has 2 aliphatic heterocycles. The third kappa shape index (κ3) is 4.57. The molecule has 2 atom stereocenters. The minimum absolute atomic E-state index is 0.00538. The summed E-state index contributed by atoms with van der Waals surface area (Å²) in [5, 5.41) is 3.10. The SMILES string of the molecule is O=C(NC[C@H]1CN2CCC[C@H]2CO1)c1ccccc1CCc1ccccc1. The minimum atomic E-state index is 0.00538. The lowest BCUT2D eigenvalue weighted by Gasteiger charge is -2.35. The zero-order valence-corrected chi connectivity index (χ0v) is 15.8. The van der Waals surface area contributed by atoms with Gasteiger partial charge in [0.25, 0.3) is 5.91 Å². The number of rotatable bonds is 6. The number of hydrogen-bond donors (Lipinski definition) is 1. The summed E-state index contributed by atoms with van der Waals surface area (Å²) >= 11 is 0. The van der Waals surface area contributed by atoms with Gasteiger partial charge in [0, 0.05) is 24.7 Å². The molecule has 2 aromatic rings. The van der Waals surface area contributed by atoms with Crippen LogP contribution in [0.5, 0.6) is 0 Å². The van der Waals surface area contributed by atoms with Gasteiger partial charge in [0.1, 0.15) is 0 Å². The lowest BCUT2D eigenvalue weighted by Crippen LogP contribution is -2.50. The highest BCUT2D eigenvalue weighted by atomic mass is 16.5. The van der Waals surface area contributed by atoms with Gasteiger partial charge in [-0.2, -0.15) is 0 Å². The van der Waals surface area contributed by atoms with Gasteiger partial charge in [-0.1, -0.05) is 48.5 Å². The first-order chi connectivity index (χ1) is 13.3. The molecule has 2 aliphatic rings. The molecule has 0 unspecified atom stereocenters. The molecule has 2 aromatic carbocycles. The van der Waals surface area contributed by atoms with Gasteiger partial charge in [-0.05, 0) is 49.4 Å². The first kappa shape index (κ1) is 18.2. The minimum Gasteiger partial charge on any atom is -0.373 e. The highest BCUT2D eigenvalue weighted by Gasteiger charge is 2.32. The summed E-state index contributed by atoms with van der Waals surface area (Å²) in [5.41, 5.74) is 3.18. The fraction of sp³-hybridized carbons (Fsp3) is 0.435. The molecule has 1 N–H and O–H groups in total. The van der Waals surface area contributed by atoms with Crippen LogP contribution in [0.15, 0.2) is 54.6 Å². The number of carbonyl (C=O) groups excluding carboxylic acids is 1. The maximum absolute atomic E-state index is 12.8. The number of nitrogens with zero attached hydrogens (tertiary/aromatic N) is 1. The smallest absolute Gasteiger partial charge is 0.251 e. The van der Waals surface area contributed by atoms with E-state index < -0.39 is 0 Å². The van der Waals surface area contributed by atoms with E-state index in [0.717, 1.165) is 37.1 Å². The number of hydrogen-bond acceptors (Lipinski definition) is 3. The molecule has 0 aliphatic carbocycles. The third-order valence-corrected chi connectivity index (χ3v) is 5.74. The molecular formula is C23H28N2O2. The number of aryl methyl sites for hydroxylation is 2. The van der Waals surface area contributed by atoms with Gasteiger partial charge in [0.2, 0.25) is 0 Å². The quantitative estimate of drug-likeness (QED) is 0.857. The largest absolute Gasteiger partial charge is 0.373 e. The summed E-state index contributed by atoms with van der Waals surface area (Å²) in [5.74, 6) is 0.00538. The van der Waals surface area contributed by atoms with Crippen molar-refractivity contribution in [3.8, 4) is 0 Å². The summed E-state index contributed by atoms with van der Waals surface area (Å²) in [7, 11) is 0.